The molecule has 1 fully saturated rings. The maximum Gasteiger partial charge on any atom is 0.281 e. The fraction of sp³-hybridized carbons (Fsp3) is 0.556. The largest absolute Gasteiger partial charge is 0.281 e. The van der Waals surface area contributed by atoms with Crippen molar-refractivity contribution in [3.05, 3.63) is 36.2 Å². The second kappa shape index (κ2) is 7.46. The molecular weight excluding hydrogens is 350 g/mol. The van der Waals surface area contributed by atoms with Crippen LogP contribution in [0.3, 0.4) is 0 Å². The molecule has 0 N–H and O–H groups in total. The third kappa shape index (κ3) is 3.67. The summed E-state index contributed by atoms with van der Waals surface area (Å²) in [6, 6.07) is 6.29. The van der Waals surface area contributed by atoms with E-state index in [0.717, 1.165) is 29.8 Å². The molecule has 1 aliphatic heterocycles. The fourth-order valence-electron chi connectivity index (χ4n) is 3.42. The number of hydrogen-bond donors (Lipinski definition) is 0. The Morgan fingerprint density at radius 1 is 1.23 bits per heavy atom. The highest BCUT2D eigenvalue weighted by Crippen LogP contribution is 2.31. The van der Waals surface area contributed by atoms with Gasteiger partial charge < -0.3 is 0 Å². The van der Waals surface area contributed by atoms with Crippen LogP contribution in [0.2, 0.25) is 0 Å². The zero-order chi connectivity index (χ0) is 18.9. The van der Waals surface area contributed by atoms with Crippen LogP contribution in [0.5, 0.6) is 0 Å². The molecule has 1 unspecified atom stereocenters. The van der Waals surface area contributed by atoms with Gasteiger partial charge in [-0.2, -0.15) is 22.1 Å². The molecule has 1 aliphatic rings. The van der Waals surface area contributed by atoms with Crippen LogP contribution in [0.1, 0.15) is 44.2 Å². The summed E-state index contributed by atoms with van der Waals surface area (Å²) in [6.07, 6.45) is 5.43. The Labute approximate surface area is 155 Å². The van der Waals surface area contributed by atoms with Gasteiger partial charge in [-0.05, 0) is 56.4 Å². The summed E-state index contributed by atoms with van der Waals surface area (Å²) < 4.78 is 29.8. The SMILES string of the molecule is CC(C)n1nccc1-c1cc(C2CCCN(S(=O)(=O)N(C)C)C2)ccn1. The Hall–Kier alpha value is -1.77. The van der Waals surface area contributed by atoms with Gasteiger partial charge in [0.25, 0.3) is 10.2 Å². The van der Waals surface area contributed by atoms with Gasteiger partial charge in [-0.25, -0.2) is 0 Å². The van der Waals surface area contributed by atoms with Crippen LogP contribution >= 0.6 is 0 Å². The van der Waals surface area contributed by atoms with Gasteiger partial charge in [0.15, 0.2) is 0 Å². The Morgan fingerprint density at radius 2 is 2.00 bits per heavy atom. The van der Waals surface area contributed by atoms with Crippen molar-refractivity contribution in [3.8, 4) is 11.4 Å². The lowest BCUT2D eigenvalue weighted by Gasteiger charge is -2.33. The van der Waals surface area contributed by atoms with Crippen LogP contribution in [0.25, 0.3) is 11.4 Å². The molecule has 7 nitrogen and oxygen atoms in total. The lowest BCUT2D eigenvalue weighted by Crippen LogP contribution is -2.44. The molecule has 0 amide bonds. The van der Waals surface area contributed by atoms with Crippen molar-refractivity contribution in [1.82, 2.24) is 23.4 Å². The summed E-state index contributed by atoms with van der Waals surface area (Å²) in [6.45, 7) is 5.26. The van der Waals surface area contributed by atoms with E-state index in [4.69, 9.17) is 0 Å². The van der Waals surface area contributed by atoms with Gasteiger partial charge in [0.1, 0.15) is 0 Å². The van der Waals surface area contributed by atoms with Gasteiger partial charge in [0.05, 0.1) is 11.4 Å². The first-order chi connectivity index (χ1) is 12.3. The molecule has 1 atom stereocenters. The van der Waals surface area contributed by atoms with Crippen LogP contribution in [0, 0.1) is 0 Å². The van der Waals surface area contributed by atoms with Gasteiger partial charge in [-0.15, -0.1) is 0 Å². The van der Waals surface area contributed by atoms with Crippen molar-refractivity contribution < 1.29 is 8.42 Å². The van der Waals surface area contributed by atoms with E-state index in [1.54, 1.807) is 24.6 Å². The molecule has 142 valence electrons. The fourth-order valence-corrected chi connectivity index (χ4v) is 4.61. The van der Waals surface area contributed by atoms with Crippen molar-refractivity contribution in [2.75, 3.05) is 27.2 Å². The summed E-state index contributed by atoms with van der Waals surface area (Å²) in [5, 5.41) is 4.38. The second-order valence-electron chi connectivity index (χ2n) is 7.22. The van der Waals surface area contributed by atoms with E-state index in [1.165, 1.54) is 4.31 Å². The minimum atomic E-state index is -3.38. The van der Waals surface area contributed by atoms with Crippen molar-refractivity contribution in [2.45, 2.75) is 38.6 Å². The van der Waals surface area contributed by atoms with Gasteiger partial charge in [0.2, 0.25) is 0 Å². The van der Waals surface area contributed by atoms with Crippen LogP contribution < -0.4 is 0 Å². The smallest absolute Gasteiger partial charge is 0.261 e. The summed E-state index contributed by atoms with van der Waals surface area (Å²) in [4.78, 5) is 4.51. The van der Waals surface area contributed by atoms with Crippen molar-refractivity contribution in [3.63, 3.8) is 0 Å². The van der Waals surface area contributed by atoms with Crippen molar-refractivity contribution in [2.24, 2.45) is 0 Å². The van der Waals surface area contributed by atoms with E-state index < -0.39 is 10.2 Å². The summed E-state index contributed by atoms with van der Waals surface area (Å²) in [7, 11) is -0.215. The van der Waals surface area contributed by atoms with Gasteiger partial charge in [0, 0.05) is 45.6 Å². The summed E-state index contributed by atoms with van der Waals surface area (Å²) in [5.41, 5.74) is 2.99. The van der Waals surface area contributed by atoms with Crippen LogP contribution in [0.15, 0.2) is 30.6 Å². The Bertz CT molecular complexity index is 860. The number of hydrogen-bond acceptors (Lipinski definition) is 4. The Morgan fingerprint density at radius 3 is 2.69 bits per heavy atom. The molecule has 26 heavy (non-hydrogen) atoms. The van der Waals surface area contributed by atoms with Crippen LogP contribution in [0.4, 0.5) is 0 Å². The normalized spacial score (nSPS) is 19.4. The van der Waals surface area contributed by atoms with E-state index in [0.29, 0.717) is 13.1 Å². The van der Waals surface area contributed by atoms with E-state index in [1.807, 2.05) is 23.0 Å². The quantitative estimate of drug-likeness (QED) is 0.803. The Kier molecular flexibility index (Phi) is 5.45. The third-order valence-electron chi connectivity index (χ3n) is 4.85. The minimum Gasteiger partial charge on any atom is -0.261 e. The monoisotopic (exact) mass is 377 g/mol. The van der Waals surface area contributed by atoms with Crippen molar-refractivity contribution in [1.29, 1.82) is 0 Å². The molecule has 1 saturated heterocycles. The van der Waals surface area contributed by atoms with E-state index in [9.17, 15) is 8.42 Å². The molecule has 8 heteroatoms. The second-order valence-corrected chi connectivity index (χ2v) is 9.36. The molecule has 0 spiro atoms. The predicted molar refractivity (Wildman–Crippen MR) is 102 cm³/mol. The van der Waals surface area contributed by atoms with Crippen LogP contribution in [-0.2, 0) is 10.2 Å². The molecule has 3 heterocycles. The number of nitrogens with zero attached hydrogens (tertiary/aromatic N) is 5. The minimum absolute atomic E-state index is 0.177. The first-order valence-electron chi connectivity index (χ1n) is 8.98. The molecular formula is C18H27N5O2S. The molecule has 0 radical (unpaired) electrons. The average Bonchev–Trinajstić information content (AvgIpc) is 3.12. The third-order valence-corrected chi connectivity index (χ3v) is 6.76. The number of aromatic nitrogens is 3. The zero-order valence-corrected chi connectivity index (χ0v) is 16.6. The molecule has 2 aromatic heterocycles. The number of piperidine rings is 1. The standard InChI is InChI=1S/C18H27N5O2S/c1-14(2)23-18(8-10-20-23)17-12-15(7-9-19-17)16-6-5-11-22(13-16)26(24,25)21(3)4/h7-10,12,14,16H,5-6,11,13H2,1-4H3. The molecule has 2 aromatic rings. The lowest BCUT2D eigenvalue weighted by atomic mass is 9.91. The van der Waals surface area contributed by atoms with Gasteiger partial charge >= 0.3 is 0 Å². The maximum absolute atomic E-state index is 12.5. The first-order valence-corrected chi connectivity index (χ1v) is 10.4. The molecule has 0 aliphatic carbocycles. The number of rotatable bonds is 5. The highest BCUT2D eigenvalue weighted by Gasteiger charge is 2.31. The topological polar surface area (TPSA) is 71.3 Å². The summed E-state index contributed by atoms with van der Waals surface area (Å²) >= 11 is 0. The van der Waals surface area contributed by atoms with Crippen molar-refractivity contribution >= 4 is 10.2 Å². The summed E-state index contributed by atoms with van der Waals surface area (Å²) in [5.74, 6) is 0.177. The predicted octanol–water partition coefficient (Wildman–Crippen LogP) is 2.51. The van der Waals surface area contributed by atoms with Crippen LogP contribution in [-0.4, -0.2) is 59.0 Å². The van der Waals surface area contributed by atoms with E-state index >= 15 is 0 Å². The number of pyridine rings is 1. The van der Waals surface area contributed by atoms with E-state index in [2.05, 4.69) is 30.0 Å². The molecule has 0 saturated carbocycles. The highest BCUT2D eigenvalue weighted by atomic mass is 32.2. The maximum atomic E-state index is 12.5. The highest BCUT2D eigenvalue weighted by molar-refractivity contribution is 7.86. The zero-order valence-electron chi connectivity index (χ0n) is 15.8. The van der Waals surface area contributed by atoms with Gasteiger partial charge in [-0.3, -0.25) is 9.67 Å². The Balaban J connectivity index is 1.87. The first kappa shape index (κ1) is 19.0. The average molecular weight is 378 g/mol. The lowest BCUT2D eigenvalue weighted by molar-refractivity contribution is 0.298. The van der Waals surface area contributed by atoms with Gasteiger partial charge in [-0.1, -0.05) is 0 Å². The molecule has 3 rings (SSSR count). The molecule has 0 aromatic carbocycles. The van der Waals surface area contributed by atoms with E-state index in [-0.39, 0.29) is 12.0 Å². The molecule has 0 bridgehead atoms.